The Balaban J connectivity index is -0.00000000500. The van der Waals surface area contributed by atoms with Gasteiger partial charge in [0.25, 0.3) is 0 Å². The van der Waals surface area contributed by atoms with Crippen LogP contribution >= 0.6 is 0 Å². The van der Waals surface area contributed by atoms with Crippen LogP contribution in [0.4, 0.5) is 0 Å². The third kappa shape index (κ3) is 8.91. The van der Waals surface area contributed by atoms with Crippen LogP contribution in [0.5, 0.6) is 0 Å². The Morgan fingerprint density at radius 2 is 1.25 bits per heavy atom. The van der Waals surface area contributed by atoms with Crippen LogP contribution in [0.25, 0.3) is 0 Å². The van der Waals surface area contributed by atoms with Crippen LogP contribution in [0.2, 0.25) is 0 Å². The van der Waals surface area contributed by atoms with Gasteiger partial charge in [0.2, 0.25) is 0 Å². The number of hydrogen-bond donors (Lipinski definition) is 0. The molecule has 4 heteroatoms. The van der Waals surface area contributed by atoms with E-state index in [-0.39, 0.29) is 47.3 Å². The molecule has 0 bridgehead atoms. The van der Waals surface area contributed by atoms with Crippen molar-refractivity contribution < 1.29 is 37.2 Å². The predicted octanol–water partition coefficient (Wildman–Crippen LogP) is -1.84. The van der Waals surface area contributed by atoms with Gasteiger partial charge >= 0.3 is 61.6 Å². The Kier molecular flexibility index (Phi) is 65.2. The van der Waals surface area contributed by atoms with Crippen LogP contribution in [0, 0.1) is 0 Å². The fraction of sp³-hybridized carbons (Fsp3) is 0. The zero-order valence-corrected chi connectivity index (χ0v) is 15.8. The summed E-state index contributed by atoms with van der Waals surface area (Å²) in [5.74, 6) is 0. The average Bonchev–Trinajstić information content (AvgIpc) is 1.00. The van der Waals surface area contributed by atoms with E-state index >= 15 is 0 Å². The Morgan fingerprint density at radius 3 is 1.25 bits per heavy atom. The summed E-state index contributed by atoms with van der Waals surface area (Å²) < 4.78 is 0. The smallest absolute Gasteiger partial charge is 0 e. The summed E-state index contributed by atoms with van der Waals surface area (Å²) in [7, 11) is 0. The molecule has 0 aromatic heterocycles. The monoisotopic (exact) mass is 615 g/mol. The van der Waals surface area contributed by atoms with E-state index in [2.05, 4.69) is 16.1 Å². The van der Waals surface area contributed by atoms with Crippen LogP contribution in [-0.4, -0.2) is 45.5 Å². The maximum Gasteiger partial charge on any atom is 0 e. The fourth-order valence-corrected chi connectivity index (χ4v) is 0. The molecule has 0 aliphatic carbocycles. The van der Waals surface area contributed by atoms with Gasteiger partial charge in [-0.1, -0.05) is 0 Å². The van der Waals surface area contributed by atoms with E-state index in [4.69, 9.17) is 0 Å². The number of rotatable bonds is 0. The van der Waals surface area contributed by atoms with E-state index in [9.17, 15) is 0 Å². The molecule has 0 heterocycles. The van der Waals surface area contributed by atoms with E-state index in [1.807, 2.05) is 0 Å². The van der Waals surface area contributed by atoms with E-state index in [1.165, 1.54) is 19.3 Å². The molecule has 2 radical (unpaired) electrons. The van der Waals surface area contributed by atoms with E-state index in [0.717, 1.165) is 0 Å². The molecule has 4 heavy (non-hydrogen) atoms. The molecule has 0 atom stereocenters. The molecule has 0 fully saturated rings. The second-order valence-electron chi connectivity index (χ2n) is 0. The minimum atomic E-state index is 0. The van der Waals surface area contributed by atoms with Crippen LogP contribution in [0.3, 0.4) is 0 Å². The average molecular weight is 612 g/mol. The Morgan fingerprint density at radius 1 is 1.25 bits per heavy atom. The molecule has 0 nitrogen and oxygen atoms in total. The summed E-state index contributed by atoms with van der Waals surface area (Å²) >= 11 is 3.44. The van der Waals surface area contributed by atoms with Gasteiger partial charge in [0.1, 0.15) is 0 Å². The third-order valence-corrected chi connectivity index (χ3v) is 0. The molecule has 0 amide bonds. The molecular formula is H4BiMoSnW. The third-order valence-electron chi connectivity index (χ3n) is 0. The van der Waals surface area contributed by atoms with Gasteiger partial charge < -0.3 is 0 Å². The summed E-state index contributed by atoms with van der Waals surface area (Å²) in [4.78, 5) is 0. The Hall–Kier alpha value is 3.06. The summed E-state index contributed by atoms with van der Waals surface area (Å²) in [6.07, 6.45) is 0. The van der Waals surface area contributed by atoms with Crippen molar-refractivity contribution in [3.05, 3.63) is 0 Å². The summed E-state index contributed by atoms with van der Waals surface area (Å²) in [5.41, 5.74) is 0. The molecule has 0 aliphatic rings. The molecule has 0 aliphatic heterocycles. The minimum Gasteiger partial charge on any atom is 0 e. The van der Waals surface area contributed by atoms with Gasteiger partial charge in [-0.25, -0.2) is 0 Å². The maximum atomic E-state index is 2.08. The van der Waals surface area contributed by atoms with Gasteiger partial charge in [-0.2, -0.15) is 0 Å². The van der Waals surface area contributed by atoms with E-state index < -0.39 is 0 Å². The van der Waals surface area contributed by atoms with Crippen molar-refractivity contribution in [2.45, 2.75) is 0 Å². The van der Waals surface area contributed by atoms with E-state index in [0.29, 0.717) is 0 Å². The van der Waals surface area contributed by atoms with E-state index in [1.54, 1.807) is 0 Å². The molecule has 0 rings (SSSR count). The van der Waals surface area contributed by atoms with Crippen molar-refractivity contribution in [2.75, 3.05) is 0 Å². The fourth-order valence-electron chi connectivity index (χ4n) is 0. The van der Waals surface area contributed by atoms with Gasteiger partial charge in [0.15, 0.2) is 0 Å². The van der Waals surface area contributed by atoms with Gasteiger partial charge in [-0.3, -0.25) is 0 Å². The van der Waals surface area contributed by atoms with Crippen LogP contribution in [0.15, 0.2) is 0 Å². The van der Waals surface area contributed by atoms with Crippen molar-refractivity contribution in [1.82, 2.24) is 0 Å². The van der Waals surface area contributed by atoms with Gasteiger partial charge in [0.05, 0.1) is 0 Å². The van der Waals surface area contributed by atoms with Gasteiger partial charge in [-0.05, 0) is 0 Å². The quantitative estimate of drug-likeness (QED) is 0.283. The minimum absolute atomic E-state index is 0. The summed E-state index contributed by atoms with van der Waals surface area (Å²) in [6.45, 7) is 0. The normalized spacial score (nSPS) is 1.25. The number of hydrogen-bond acceptors (Lipinski definition) is 0. The molecule has 0 aromatic rings. The molecule has 0 N–H and O–H groups in total. The molecule has 0 saturated heterocycles. The Bertz CT molecular complexity index is 8.00. The standard InChI is InChI=1S/Bi.Mo.Sn.W.4H. The molecule has 0 aromatic carbocycles. The molecule has 0 spiro atoms. The molecule has 0 saturated carbocycles. The van der Waals surface area contributed by atoms with Crippen molar-refractivity contribution in [1.29, 1.82) is 0 Å². The predicted molar refractivity (Wildman–Crippen MR) is 17.1 cm³/mol. The zero-order chi connectivity index (χ0) is 2.00. The molecule has 0 unspecified atom stereocenters. The second kappa shape index (κ2) is 16.6. The van der Waals surface area contributed by atoms with Crippen molar-refractivity contribution in [3.8, 4) is 0 Å². The summed E-state index contributed by atoms with van der Waals surface area (Å²) in [6, 6.07) is 0. The first kappa shape index (κ1) is 15.7. The first-order valence-corrected chi connectivity index (χ1v) is 9.35. The summed E-state index contributed by atoms with van der Waals surface area (Å²) in [5, 5.41) is 0. The van der Waals surface area contributed by atoms with Gasteiger partial charge in [0, 0.05) is 21.1 Å². The van der Waals surface area contributed by atoms with Crippen molar-refractivity contribution in [3.63, 3.8) is 0 Å². The molecular weight excluding hydrogens is 607 g/mol. The second-order valence-corrected chi connectivity index (χ2v) is 0. The maximum absolute atomic E-state index is 2.08. The first-order valence-electron chi connectivity index (χ1n) is 0.236. The Labute approximate surface area is 80.9 Å². The van der Waals surface area contributed by atoms with Crippen LogP contribution in [-0.2, 0) is 37.2 Å². The first-order chi connectivity index (χ1) is 1.00. The largest absolute Gasteiger partial charge is 0 e. The van der Waals surface area contributed by atoms with Gasteiger partial charge in [-0.15, -0.1) is 0 Å². The van der Waals surface area contributed by atoms with Crippen LogP contribution in [0.1, 0.15) is 0 Å². The zero-order valence-electron chi connectivity index (χ0n) is 2.10. The van der Waals surface area contributed by atoms with Crippen molar-refractivity contribution >= 4 is 45.5 Å². The topological polar surface area (TPSA) is 0 Å². The molecule has 25 valence electrons. The van der Waals surface area contributed by atoms with Crippen LogP contribution < -0.4 is 0 Å². The van der Waals surface area contributed by atoms with Crippen molar-refractivity contribution in [2.24, 2.45) is 0 Å². The SMILES string of the molecule is [BiH3].[Mo][SnH].[W].